The molecule has 0 saturated carbocycles. The van der Waals surface area contributed by atoms with E-state index in [2.05, 4.69) is 5.32 Å². The van der Waals surface area contributed by atoms with Gasteiger partial charge < -0.3 is 10.2 Å². The normalized spacial score (nSPS) is 12.9. The minimum atomic E-state index is -4.08. The SMILES string of the molecule is CC[C@@H](C)NC(=O)[C@H](C)N(Cc1cccc(Cl)c1)C(=O)CN(c1ccccc1)S(=O)(=O)c1ccc(C)cc1. The highest BCUT2D eigenvalue weighted by Crippen LogP contribution is 2.25. The van der Waals surface area contributed by atoms with Crippen LogP contribution in [-0.2, 0) is 26.2 Å². The summed E-state index contributed by atoms with van der Waals surface area (Å²) in [6.07, 6.45) is 0.733. The van der Waals surface area contributed by atoms with Crippen molar-refractivity contribution in [1.29, 1.82) is 0 Å². The van der Waals surface area contributed by atoms with Crippen LogP contribution < -0.4 is 9.62 Å². The summed E-state index contributed by atoms with van der Waals surface area (Å²) in [5, 5.41) is 3.42. The lowest BCUT2D eigenvalue weighted by Gasteiger charge is -2.32. The first kappa shape index (κ1) is 29.2. The second-order valence-corrected chi connectivity index (χ2v) is 11.6. The number of aryl methyl sites for hydroxylation is 1. The molecule has 2 atom stereocenters. The van der Waals surface area contributed by atoms with E-state index in [1.54, 1.807) is 67.6 Å². The second kappa shape index (κ2) is 12.9. The van der Waals surface area contributed by atoms with Gasteiger partial charge in [-0.05, 0) is 69.2 Å². The molecule has 3 aromatic rings. The molecular formula is C29H34ClN3O4S. The Kier molecular flexibility index (Phi) is 9.94. The number of nitrogens with zero attached hydrogens (tertiary/aromatic N) is 2. The van der Waals surface area contributed by atoms with E-state index in [9.17, 15) is 18.0 Å². The maximum absolute atomic E-state index is 13.9. The Morgan fingerprint density at radius 3 is 2.21 bits per heavy atom. The quantitative estimate of drug-likeness (QED) is 0.353. The van der Waals surface area contributed by atoms with Gasteiger partial charge in [-0.25, -0.2) is 8.42 Å². The van der Waals surface area contributed by atoms with Crippen LogP contribution in [0.3, 0.4) is 0 Å². The summed E-state index contributed by atoms with van der Waals surface area (Å²) in [5.41, 5.74) is 1.99. The number of halogens is 1. The third-order valence-electron chi connectivity index (χ3n) is 6.34. The number of benzene rings is 3. The van der Waals surface area contributed by atoms with Gasteiger partial charge in [0.05, 0.1) is 10.6 Å². The van der Waals surface area contributed by atoms with Crippen molar-refractivity contribution in [2.45, 2.75) is 57.6 Å². The van der Waals surface area contributed by atoms with E-state index < -0.39 is 28.5 Å². The Balaban J connectivity index is 2.00. The van der Waals surface area contributed by atoms with Crippen molar-refractivity contribution in [3.05, 3.63) is 95.0 Å². The molecule has 0 radical (unpaired) electrons. The van der Waals surface area contributed by atoms with Crippen LogP contribution >= 0.6 is 11.6 Å². The van der Waals surface area contributed by atoms with Crippen LogP contribution in [0.25, 0.3) is 0 Å². The molecule has 1 N–H and O–H groups in total. The van der Waals surface area contributed by atoms with Gasteiger partial charge in [-0.3, -0.25) is 13.9 Å². The predicted molar refractivity (Wildman–Crippen MR) is 152 cm³/mol. The van der Waals surface area contributed by atoms with E-state index in [0.29, 0.717) is 10.7 Å². The summed E-state index contributed by atoms with van der Waals surface area (Å²) in [4.78, 5) is 28.4. The lowest BCUT2D eigenvalue weighted by atomic mass is 10.1. The van der Waals surface area contributed by atoms with E-state index >= 15 is 0 Å². The highest BCUT2D eigenvalue weighted by atomic mass is 35.5. The van der Waals surface area contributed by atoms with Gasteiger partial charge in [0.25, 0.3) is 10.0 Å². The molecule has 3 aromatic carbocycles. The molecule has 9 heteroatoms. The smallest absolute Gasteiger partial charge is 0.264 e. The van der Waals surface area contributed by atoms with E-state index in [1.807, 2.05) is 26.8 Å². The minimum absolute atomic E-state index is 0.0729. The Bertz CT molecular complexity index is 1350. The molecule has 202 valence electrons. The van der Waals surface area contributed by atoms with Crippen LogP contribution in [0.4, 0.5) is 5.69 Å². The van der Waals surface area contributed by atoms with Crippen LogP contribution in [0, 0.1) is 6.92 Å². The average Bonchev–Trinajstić information content (AvgIpc) is 2.90. The summed E-state index contributed by atoms with van der Waals surface area (Å²) in [5.74, 6) is -0.835. The molecule has 0 aliphatic carbocycles. The first-order chi connectivity index (χ1) is 18.0. The summed E-state index contributed by atoms with van der Waals surface area (Å²) >= 11 is 6.17. The highest BCUT2D eigenvalue weighted by Gasteiger charge is 2.32. The van der Waals surface area contributed by atoms with Gasteiger partial charge in [-0.2, -0.15) is 0 Å². The molecule has 0 aliphatic rings. The topological polar surface area (TPSA) is 86.8 Å². The fourth-order valence-electron chi connectivity index (χ4n) is 3.84. The molecule has 0 aliphatic heterocycles. The molecule has 0 bridgehead atoms. The maximum atomic E-state index is 13.9. The van der Waals surface area contributed by atoms with Gasteiger partial charge in [0, 0.05) is 17.6 Å². The van der Waals surface area contributed by atoms with Crippen molar-refractivity contribution in [2.75, 3.05) is 10.8 Å². The van der Waals surface area contributed by atoms with Crippen LogP contribution in [0.2, 0.25) is 5.02 Å². The fraction of sp³-hybridized carbons (Fsp3) is 0.310. The zero-order chi connectivity index (χ0) is 27.9. The van der Waals surface area contributed by atoms with E-state index in [1.165, 1.54) is 17.0 Å². The summed E-state index contributed by atoms with van der Waals surface area (Å²) in [7, 11) is -4.08. The summed E-state index contributed by atoms with van der Waals surface area (Å²) in [6.45, 7) is 6.95. The summed E-state index contributed by atoms with van der Waals surface area (Å²) < 4.78 is 28.6. The lowest BCUT2D eigenvalue weighted by molar-refractivity contribution is -0.139. The molecule has 0 saturated heterocycles. The molecule has 0 heterocycles. The van der Waals surface area contributed by atoms with Crippen LogP contribution in [0.1, 0.15) is 38.3 Å². The standard InChI is InChI=1S/C29H34ClN3O4S/c1-5-22(3)31-29(35)23(4)32(19-24-10-9-11-25(30)18-24)28(34)20-33(26-12-7-6-8-13-26)38(36,37)27-16-14-21(2)15-17-27/h6-18,22-23H,5,19-20H2,1-4H3,(H,31,35)/t22-,23+/m1/s1. The first-order valence-corrected chi connectivity index (χ1v) is 14.3. The molecular weight excluding hydrogens is 522 g/mol. The number of para-hydroxylation sites is 1. The number of carbonyl (C=O) groups is 2. The minimum Gasteiger partial charge on any atom is -0.352 e. The lowest BCUT2D eigenvalue weighted by Crippen LogP contribution is -2.52. The highest BCUT2D eigenvalue weighted by molar-refractivity contribution is 7.92. The maximum Gasteiger partial charge on any atom is 0.264 e. The van der Waals surface area contributed by atoms with Crippen molar-refractivity contribution in [2.24, 2.45) is 0 Å². The second-order valence-electron chi connectivity index (χ2n) is 9.31. The first-order valence-electron chi connectivity index (χ1n) is 12.5. The van der Waals surface area contributed by atoms with Gasteiger partial charge in [-0.15, -0.1) is 0 Å². The number of rotatable bonds is 11. The third-order valence-corrected chi connectivity index (χ3v) is 8.37. The van der Waals surface area contributed by atoms with Gasteiger partial charge in [0.1, 0.15) is 12.6 Å². The number of hydrogen-bond donors (Lipinski definition) is 1. The fourth-order valence-corrected chi connectivity index (χ4v) is 5.47. The zero-order valence-corrected chi connectivity index (χ0v) is 23.7. The van der Waals surface area contributed by atoms with Gasteiger partial charge in [0.2, 0.25) is 11.8 Å². The molecule has 0 unspecified atom stereocenters. The molecule has 0 aromatic heterocycles. The Hall–Kier alpha value is -3.36. The number of nitrogens with one attached hydrogen (secondary N) is 1. The third kappa shape index (κ3) is 7.36. The number of sulfonamides is 1. The van der Waals surface area contributed by atoms with Crippen LogP contribution in [0.5, 0.6) is 0 Å². The van der Waals surface area contributed by atoms with Crippen molar-refractivity contribution in [3.63, 3.8) is 0 Å². The van der Waals surface area contributed by atoms with Gasteiger partial charge >= 0.3 is 0 Å². The molecule has 3 rings (SSSR count). The Labute approximate surface area is 230 Å². The van der Waals surface area contributed by atoms with Crippen molar-refractivity contribution in [1.82, 2.24) is 10.2 Å². The van der Waals surface area contributed by atoms with E-state index in [4.69, 9.17) is 11.6 Å². The van der Waals surface area contributed by atoms with Crippen LogP contribution in [-0.4, -0.2) is 43.8 Å². The van der Waals surface area contributed by atoms with E-state index in [0.717, 1.165) is 21.9 Å². The number of amides is 2. The van der Waals surface area contributed by atoms with Crippen molar-refractivity contribution in [3.8, 4) is 0 Å². The number of hydrogen-bond acceptors (Lipinski definition) is 4. The molecule has 0 fully saturated rings. The van der Waals surface area contributed by atoms with Crippen LogP contribution in [0.15, 0.2) is 83.8 Å². The monoisotopic (exact) mass is 555 g/mol. The number of carbonyl (C=O) groups excluding carboxylic acids is 2. The van der Waals surface area contributed by atoms with Crippen molar-refractivity contribution < 1.29 is 18.0 Å². The summed E-state index contributed by atoms with van der Waals surface area (Å²) in [6, 6.07) is 21.0. The Morgan fingerprint density at radius 1 is 0.947 bits per heavy atom. The predicted octanol–water partition coefficient (Wildman–Crippen LogP) is 5.18. The Morgan fingerprint density at radius 2 is 1.61 bits per heavy atom. The molecule has 0 spiro atoms. The van der Waals surface area contributed by atoms with Gasteiger partial charge in [0.15, 0.2) is 0 Å². The average molecular weight is 556 g/mol. The number of anilines is 1. The van der Waals surface area contributed by atoms with Crippen molar-refractivity contribution >= 4 is 39.1 Å². The zero-order valence-electron chi connectivity index (χ0n) is 22.1. The molecule has 7 nitrogen and oxygen atoms in total. The van der Waals surface area contributed by atoms with Gasteiger partial charge in [-0.1, -0.05) is 66.6 Å². The van der Waals surface area contributed by atoms with E-state index in [-0.39, 0.29) is 23.4 Å². The largest absolute Gasteiger partial charge is 0.352 e. The molecule has 38 heavy (non-hydrogen) atoms. The molecule has 2 amide bonds.